The summed E-state index contributed by atoms with van der Waals surface area (Å²) in [6.07, 6.45) is 2.14. The number of aryl methyl sites for hydroxylation is 1. The number of anilines is 1. The third kappa shape index (κ3) is 8.15. The Hall–Kier alpha value is -1.46. The molecule has 3 aromatic carbocycles. The van der Waals surface area contributed by atoms with Crippen LogP contribution in [-0.2, 0) is 12.8 Å². The predicted octanol–water partition coefficient (Wildman–Crippen LogP) is 6.86. The van der Waals surface area contributed by atoms with E-state index in [1.165, 1.54) is 11.1 Å². The van der Waals surface area contributed by atoms with E-state index in [1.807, 2.05) is 30.3 Å². The summed E-state index contributed by atoms with van der Waals surface area (Å²) in [4.78, 5) is 2.28. The molecule has 0 amide bonds. The van der Waals surface area contributed by atoms with Gasteiger partial charge < -0.3 is 15.7 Å². The van der Waals surface area contributed by atoms with Crippen molar-refractivity contribution in [2.75, 3.05) is 25.4 Å². The molecule has 0 aliphatic rings. The summed E-state index contributed by atoms with van der Waals surface area (Å²) in [6.45, 7) is 2.20. The number of benzene rings is 3. The number of rotatable bonds is 10. The number of aliphatic hydroxyl groups excluding tert-OH is 1. The molecule has 3 aromatic rings. The highest BCUT2D eigenvalue weighted by atomic mass is 35.5. The average Bonchev–Trinajstić information content (AvgIpc) is 2.77. The van der Waals surface area contributed by atoms with Crippen LogP contribution >= 0.6 is 47.2 Å². The molecular weight excluding hydrogens is 486 g/mol. The molecule has 0 heterocycles. The van der Waals surface area contributed by atoms with Crippen molar-refractivity contribution >= 4 is 52.9 Å². The van der Waals surface area contributed by atoms with E-state index in [9.17, 15) is 5.11 Å². The van der Waals surface area contributed by atoms with Gasteiger partial charge in [0, 0.05) is 18.1 Å². The number of aliphatic hydroxyl groups is 1. The van der Waals surface area contributed by atoms with Gasteiger partial charge in [-0.2, -0.15) is 0 Å². The molecule has 0 spiro atoms. The van der Waals surface area contributed by atoms with Crippen molar-refractivity contribution in [1.82, 2.24) is 4.90 Å². The summed E-state index contributed by atoms with van der Waals surface area (Å²) < 4.78 is 0. The minimum atomic E-state index is -0.707. The maximum atomic E-state index is 10.9. The fourth-order valence-corrected chi connectivity index (χ4v) is 4.16. The predicted molar refractivity (Wildman–Crippen MR) is 139 cm³/mol. The number of hydrogen-bond donors (Lipinski definition) is 2. The molecule has 0 bridgehead atoms. The van der Waals surface area contributed by atoms with E-state index in [2.05, 4.69) is 29.2 Å². The fraction of sp³-hybridized carbons (Fsp3) is 0.280. The number of nitrogen functional groups attached to an aromatic ring is 1. The Labute approximate surface area is 211 Å². The molecule has 3 rings (SSSR count). The van der Waals surface area contributed by atoms with Gasteiger partial charge in [-0.25, -0.2) is 0 Å². The molecule has 0 saturated heterocycles. The molecule has 0 radical (unpaired) electrons. The first-order valence-electron chi connectivity index (χ1n) is 10.4. The van der Waals surface area contributed by atoms with Crippen LogP contribution in [0.15, 0.2) is 66.7 Å². The van der Waals surface area contributed by atoms with E-state index in [4.69, 9.17) is 40.5 Å². The lowest BCUT2D eigenvalue weighted by Crippen LogP contribution is -2.32. The summed E-state index contributed by atoms with van der Waals surface area (Å²) in [5.41, 5.74) is 9.37. The van der Waals surface area contributed by atoms with Gasteiger partial charge in [-0.3, -0.25) is 0 Å². The molecule has 0 aliphatic heterocycles. The highest BCUT2D eigenvalue weighted by molar-refractivity contribution is 6.38. The minimum absolute atomic E-state index is 0. The zero-order valence-electron chi connectivity index (χ0n) is 17.7. The molecule has 0 aromatic heterocycles. The van der Waals surface area contributed by atoms with Crippen molar-refractivity contribution in [3.05, 3.63) is 98.5 Å². The molecule has 1 atom stereocenters. The molecule has 3 N–H and O–H groups in total. The van der Waals surface area contributed by atoms with E-state index >= 15 is 0 Å². The van der Waals surface area contributed by atoms with Gasteiger partial charge in [-0.05, 0) is 66.8 Å². The van der Waals surface area contributed by atoms with Crippen LogP contribution in [0.25, 0.3) is 0 Å². The first kappa shape index (κ1) is 26.8. The van der Waals surface area contributed by atoms with Crippen molar-refractivity contribution in [3.63, 3.8) is 0 Å². The molecule has 1 unspecified atom stereocenters. The number of nitrogens with two attached hydrogens (primary N) is 1. The minimum Gasteiger partial charge on any atom is -0.396 e. The second-order valence-corrected chi connectivity index (χ2v) is 8.93. The molecule has 0 saturated carbocycles. The van der Waals surface area contributed by atoms with Crippen molar-refractivity contribution < 1.29 is 5.11 Å². The second-order valence-electron chi connectivity index (χ2n) is 7.68. The molecule has 3 nitrogen and oxygen atoms in total. The van der Waals surface area contributed by atoms with Crippen molar-refractivity contribution in [1.29, 1.82) is 0 Å². The monoisotopic (exact) mass is 512 g/mol. The Bertz CT molecular complexity index is 944. The van der Waals surface area contributed by atoms with E-state index in [1.54, 1.807) is 12.1 Å². The number of hydrogen-bond acceptors (Lipinski definition) is 3. The molecule has 0 aliphatic carbocycles. The first-order chi connectivity index (χ1) is 14.9. The van der Waals surface area contributed by atoms with Gasteiger partial charge in [0.15, 0.2) is 0 Å². The molecule has 0 fully saturated rings. The lowest BCUT2D eigenvalue weighted by Gasteiger charge is -2.26. The highest BCUT2D eigenvalue weighted by Gasteiger charge is 2.16. The number of halogens is 4. The first-order valence-corrected chi connectivity index (χ1v) is 11.5. The molecule has 32 heavy (non-hydrogen) atoms. The largest absolute Gasteiger partial charge is 0.396 e. The zero-order chi connectivity index (χ0) is 22.2. The topological polar surface area (TPSA) is 49.5 Å². The van der Waals surface area contributed by atoms with E-state index in [0.29, 0.717) is 27.8 Å². The standard InChI is InChI=1S/C25H27Cl3N2O.ClH/c26-21-10-8-19(9-11-21)7-4-13-30(14-12-18-5-2-1-3-6-18)17-24(31)20-15-22(27)25(29)23(28)16-20;/h1-3,5-6,8-11,15-16,24,31H,4,7,12-14,17,29H2;1H. The summed E-state index contributed by atoms with van der Waals surface area (Å²) in [7, 11) is 0. The van der Waals surface area contributed by atoms with Gasteiger partial charge in [0.05, 0.1) is 21.8 Å². The SMILES string of the molecule is Cl.Nc1c(Cl)cc(C(O)CN(CCCc2ccc(Cl)cc2)CCc2ccccc2)cc1Cl. The van der Waals surface area contributed by atoms with Gasteiger partial charge in [-0.1, -0.05) is 77.3 Å². The van der Waals surface area contributed by atoms with Crippen LogP contribution in [0.2, 0.25) is 15.1 Å². The smallest absolute Gasteiger partial charge is 0.0917 e. The van der Waals surface area contributed by atoms with Gasteiger partial charge in [0.25, 0.3) is 0 Å². The van der Waals surface area contributed by atoms with Crippen LogP contribution in [0.3, 0.4) is 0 Å². The molecular formula is C25H28Cl4N2O. The van der Waals surface area contributed by atoms with Crippen molar-refractivity contribution in [2.24, 2.45) is 0 Å². The van der Waals surface area contributed by atoms with Crippen LogP contribution in [0.5, 0.6) is 0 Å². The Morgan fingerprint density at radius 2 is 1.41 bits per heavy atom. The lowest BCUT2D eigenvalue weighted by atomic mass is 10.1. The summed E-state index contributed by atoms with van der Waals surface area (Å²) in [5, 5.41) is 12.3. The van der Waals surface area contributed by atoms with Gasteiger partial charge in [0.2, 0.25) is 0 Å². The molecule has 172 valence electrons. The summed E-state index contributed by atoms with van der Waals surface area (Å²) in [5.74, 6) is 0. The average molecular weight is 514 g/mol. The molecule has 7 heteroatoms. The van der Waals surface area contributed by atoms with Crippen LogP contribution in [0.4, 0.5) is 5.69 Å². The maximum Gasteiger partial charge on any atom is 0.0917 e. The van der Waals surface area contributed by atoms with Gasteiger partial charge in [-0.15, -0.1) is 12.4 Å². The van der Waals surface area contributed by atoms with E-state index < -0.39 is 6.10 Å². The Kier molecular flexibility index (Phi) is 11.1. The quantitative estimate of drug-likeness (QED) is 0.291. The fourth-order valence-electron chi connectivity index (χ4n) is 3.53. The summed E-state index contributed by atoms with van der Waals surface area (Å²) >= 11 is 18.3. The van der Waals surface area contributed by atoms with Crippen LogP contribution < -0.4 is 5.73 Å². The van der Waals surface area contributed by atoms with Crippen molar-refractivity contribution in [3.8, 4) is 0 Å². The zero-order valence-corrected chi connectivity index (χ0v) is 20.8. The van der Waals surface area contributed by atoms with Crippen molar-refractivity contribution in [2.45, 2.75) is 25.4 Å². The lowest BCUT2D eigenvalue weighted by molar-refractivity contribution is 0.113. The van der Waals surface area contributed by atoms with Gasteiger partial charge >= 0.3 is 0 Å². The van der Waals surface area contributed by atoms with Crippen LogP contribution in [0, 0.1) is 0 Å². The van der Waals surface area contributed by atoms with Gasteiger partial charge in [0.1, 0.15) is 0 Å². The Morgan fingerprint density at radius 1 is 0.812 bits per heavy atom. The normalized spacial score (nSPS) is 11.9. The van der Waals surface area contributed by atoms with Crippen LogP contribution in [0.1, 0.15) is 29.2 Å². The Balaban J connectivity index is 0.00000363. The summed E-state index contributed by atoms with van der Waals surface area (Å²) in [6, 6.07) is 21.7. The number of nitrogens with zero attached hydrogens (tertiary/aromatic N) is 1. The third-order valence-corrected chi connectivity index (χ3v) is 6.21. The maximum absolute atomic E-state index is 10.9. The van der Waals surface area contributed by atoms with Crippen LogP contribution in [-0.4, -0.2) is 29.6 Å². The Morgan fingerprint density at radius 3 is 2.03 bits per heavy atom. The third-order valence-electron chi connectivity index (χ3n) is 5.33. The second kappa shape index (κ2) is 13.3. The van der Waals surface area contributed by atoms with E-state index in [-0.39, 0.29) is 12.4 Å². The van der Waals surface area contributed by atoms with E-state index in [0.717, 1.165) is 37.4 Å². The highest BCUT2D eigenvalue weighted by Crippen LogP contribution is 2.31.